The summed E-state index contributed by atoms with van der Waals surface area (Å²) in [6.07, 6.45) is 2.45. The summed E-state index contributed by atoms with van der Waals surface area (Å²) >= 11 is 0. The van der Waals surface area contributed by atoms with Gasteiger partial charge >= 0.3 is 0 Å². The second kappa shape index (κ2) is 9.37. The number of likely N-dealkylation sites (tertiary alicyclic amines) is 1. The first-order valence-electron chi connectivity index (χ1n) is 10.4. The Kier molecular flexibility index (Phi) is 6.89. The molecule has 1 amide bonds. The molecular weight excluding hydrogens is 350 g/mol. The highest BCUT2D eigenvalue weighted by molar-refractivity contribution is 5.76. The van der Waals surface area contributed by atoms with Crippen molar-refractivity contribution in [1.82, 2.24) is 15.4 Å². The van der Waals surface area contributed by atoms with E-state index >= 15 is 0 Å². The van der Waals surface area contributed by atoms with Crippen molar-refractivity contribution >= 4 is 5.91 Å². The van der Waals surface area contributed by atoms with Crippen molar-refractivity contribution < 1.29 is 9.32 Å². The Bertz CT molecular complexity index is 752. The van der Waals surface area contributed by atoms with Crippen molar-refractivity contribution in [3.05, 3.63) is 52.4 Å². The normalized spacial score (nSPS) is 20.3. The zero-order valence-electron chi connectivity index (χ0n) is 17.6. The summed E-state index contributed by atoms with van der Waals surface area (Å²) in [5, 5.41) is 6.95. The van der Waals surface area contributed by atoms with E-state index in [1.807, 2.05) is 13.8 Å². The van der Waals surface area contributed by atoms with Gasteiger partial charge in [-0.2, -0.15) is 0 Å². The van der Waals surface area contributed by atoms with Crippen LogP contribution in [0.1, 0.15) is 54.8 Å². The largest absolute Gasteiger partial charge is 0.361 e. The third kappa shape index (κ3) is 5.68. The number of rotatable bonds is 7. The van der Waals surface area contributed by atoms with E-state index < -0.39 is 0 Å². The molecule has 28 heavy (non-hydrogen) atoms. The minimum Gasteiger partial charge on any atom is -0.361 e. The SMILES string of the molecule is Cc1noc(C)c1CCC(=O)NCc1ccc(CN2C[C@H](C)C[C@@H](C)C2)cc1. The number of nitrogens with zero attached hydrogens (tertiary/aromatic N) is 2. The predicted molar refractivity (Wildman–Crippen MR) is 111 cm³/mol. The Morgan fingerprint density at radius 1 is 1.14 bits per heavy atom. The summed E-state index contributed by atoms with van der Waals surface area (Å²) in [5.74, 6) is 2.42. The quantitative estimate of drug-likeness (QED) is 0.785. The summed E-state index contributed by atoms with van der Waals surface area (Å²) in [6, 6.07) is 8.63. The number of aryl methyl sites for hydroxylation is 2. The molecule has 0 saturated carbocycles. The van der Waals surface area contributed by atoms with E-state index in [4.69, 9.17) is 4.52 Å². The molecule has 2 atom stereocenters. The molecule has 0 aliphatic carbocycles. The van der Waals surface area contributed by atoms with Crippen LogP contribution in [-0.4, -0.2) is 29.1 Å². The second-order valence-electron chi connectivity index (χ2n) is 8.54. The van der Waals surface area contributed by atoms with Crippen LogP contribution >= 0.6 is 0 Å². The van der Waals surface area contributed by atoms with Crippen LogP contribution in [0, 0.1) is 25.7 Å². The van der Waals surface area contributed by atoms with Gasteiger partial charge in [-0.15, -0.1) is 0 Å². The fourth-order valence-electron chi connectivity index (χ4n) is 4.33. The third-order valence-corrected chi connectivity index (χ3v) is 5.65. The third-order valence-electron chi connectivity index (χ3n) is 5.65. The summed E-state index contributed by atoms with van der Waals surface area (Å²) in [5.41, 5.74) is 4.39. The van der Waals surface area contributed by atoms with E-state index in [-0.39, 0.29) is 5.91 Å². The topological polar surface area (TPSA) is 58.4 Å². The number of carbonyl (C=O) groups excluding carboxylic acids is 1. The van der Waals surface area contributed by atoms with E-state index in [1.165, 1.54) is 25.1 Å². The fourth-order valence-corrected chi connectivity index (χ4v) is 4.33. The summed E-state index contributed by atoms with van der Waals surface area (Å²) in [4.78, 5) is 14.7. The molecule has 0 radical (unpaired) electrons. The predicted octanol–water partition coefficient (Wildman–Crippen LogP) is 4.02. The highest BCUT2D eigenvalue weighted by Crippen LogP contribution is 2.22. The van der Waals surface area contributed by atoms with Crippen molar-refractivity contribution in [2.24, 2.45) is 11.8 Å². The lowest BCUT2D eigenvalue weighted by Crippen LogP contribution is -2.38. The average molecular weight is 384 g/mol. The lowest BCUT2D eigenvalue weighted by Gasteiger charge is -2.35. The Balaban J connectivity index is 1.43. The van der Waals surface area contributed by atoms with Crippen molar-refractivity contribution in [3.8, 4) is 0 Å². The van der Waals surface area contributed by atoms with Gasteiger partial charge in [-0.25, -0.2) is 0 Å². The van der Waals surface area contributed by atoms with Crippen LogP contribution in [-0.2, 0) is 24.3 Å². The molecule has 1 N–H and O–H groups in total. The van der Waals surface area contributed by atoms with E-state index in [0.717, 1.165) is 41.0 Å². The number of piperidine rings is 1. The van der Waals surface area contributed by atoms with E-state index in [0.29, 0.717) is 19.4 Å². The Labute approximate surface area is 168 Å². The van der Waals surface area contributed by atoms with Crippen LogP contribution in [0.5, 0.6) is 0 Å². The molecule has 2 heterocycles. The highest BCUT2D eigenvalue weighted by Gasteiger charge is 2.21. The first-order valence-corrected chi connectivity index (χ1v) is 10.4. The molecule has 1 saturated heterocycles. The van der Waals surface area contributed by atoms with Crippen molar-refractivity contribution in [3.63, 3.8) is 0 Å². The average Bonchev–Trinajstić information content (AvgIpc) is 2.96. The maximum absolute atomic E-state index is 12.2. The standard InChI is InChI=1S/C23H33N3O2/c1-16-11-17(2)14-26(13-16)15-21-7-5-20(6-8-21)12-24-23(27)10-9-22-18(3)25-28-19(22)4/h5-8,16-17H,9-15H2,1-4H3,(H,24,27)/t16-,17-/m1/s1. The number of hydrogen-bond donors (Lipinski definition) is 1. The molecule has 0 unspecified atom stereocenters. The van der Waals surface area contributed by atoms with Gasteiger partial charge in [-0.05, 0) is 49.7 Å². The van der Waals surface area contributed by atoms with Crippen molar-refractivity contribution in [1.29, 1.82) is 0 Å². The molecule has 2 aromatic rings. The maximum atomic E-state index is 12.2. The monoisotopic (exact) mass is 383 g/mol. The summed E-state index contributed by atoms with van der Waals surface area (Å²) in [7, 11) is 0. The van der Waals surface area contributed by atoms with Gasteiger partial charge in [0, 0.05) is 38.2 Å². The van der Waals surface area contributed by atoms with Gasteiger partial charge in [0.15, 0.2) is 0 Å². The van der Waals surface area contributed by atoms with Gasteiger partial charge in [0.05, 0.1) is 5.69 Å². The van der Waals surface area contributed by atoms with Crippen LogP contribution in [0.15, 0.2) is 28.8 Å². The molecule has 5 heteroatoms. The number of aromatic nitrogens is 1. The minimum absolute atomic E-state index is 0.0559. The van der Waals surface area contributed by atoms with Crippen LogP contribution < -0.4 is 5.32 Å². The molecule has 1 aromatic heterocycles. The van der Waals surface area contributed by atoms with Crippen molar-refractivity contribution in [2.75, 3.05) is 13.1 Å². The van der Waals surface area contributed by atoms with Crippen LogP contribution in [0.3, 0.4) is 0 Å². The molecule has 1 aliphatic rings. The van der Waals surface area contributed by atoms with Crippen LogP contribution in [0.2, 0.25) is 0 Å². The van der Waals surface area contributed by atoms with Gasteiger partial charge in [0.1, 0.15) is 5.76 Å². The zero-order chi connectivity index (χ0) is 20.1. The number of amides is 1. The lowest BCUT2D eigenvalue weighted by molar-refractivity contribution is -0.121. The van der Waals surface area contributed by atoms with Gasteiger partial charge in [-0.3, -0.25) is 9.69 Å². The molecule has 0 spiro atoms. The zero-order valence-corrected chi connectivity index (χ0v) is 17.6. The van der Waals surface area contributed by atoms with Gasteiger partial charge in [0.2, 0.25) is 5.91 Å². The van der Waals surface area contributed by atoms with Gasteiger partial charge in [0.25, 0.3) is 0 Å². The first-order chi connectivity index (χ1) is 13.4. The first kappa shape index (κ1) is 20.6. The molecule has 152 valence electrons. The van der Waals surface area contributed by atoms with Gasteiger partial charge < -0.3 is 9.84 Å². The van der Waals surface area contributed by atoms with E-state index in [9.17, 15) is 4.79 Å². The Hall–Kier alpha value is -2.14. The second-order valence-corrected chi connectivity index (χ2v) is 8.54. The van der Waals surface area contributed by atoms with Gasteiger partial charge in [-0.1, -0.05) is 43.3 Å². The molecule has 3 rings (SSSR count). The summed E-state index contributed by atoms with van der Waals surface area (Å²) < 4.78 is 5.15. The lowest BCUT2D eigenvalue weighted by atomic mass is 9.91. The molecule has 0 bridgehead atoms. The van der Waals surface area contributed by atoms with E-state index in [2.05, 4.69) is 53.5 Å². The smallest absolute Gasteiger partial charge is 0.220 e. The molecule has 1 fully saturated rings. The van der Waals surface area contributed by atoms with Crippen LogP contribution in [0.25, 0.3) is 0 Å². The number of nitrogens with one attached hydrogen (secondary N) is 1. The number of carbonyl (C=O) groups is 1. The van der Waals surface area contributed by atoms with Crippen molar-refractivity contribution in [2.45, 2.75) is 60.0 Å². The molecule has 1 aromatic carbocycles. The van der Waals surface area contributed by atoms with E-state index in [1.54, 1.807) is 0 Å². The fraction of sp³-hybridized carbons (Fsp3) is 0.565. The highest BCUT2D eigenvalue weighted by atomic mass is 16.5. The Morgan fingerprint density at radius 2 is 1.79 bits per heavy atom. The number of benzene rings is 1. The number of hydrogen-bond acceptors (Lipinski definition) is 4. The molecule has 1 aliphatic heterocycles. The minimum atomic E-state index is 0.0559. The maximum Gasteiger partial charge on any atom is 0.220 e. The molecule has 5 nitrogen and oxygen atoms in total. The molecular formula is C23H33N3O2. The van der Waals surface area contributed by atoms with Crippen LogP contribution in [0.4, 0.5) is 0 Å². The Morgan fingerprint density at radius 3 is 2.39 bits per heavy atom. The summed E-state index contributed by atoms with van der Waals surface area (Å²) in [6.45, 7) is 12.5.